The van der Waals surface area contributed by atoms with Crippen LogP contribution < -0.4 is 4.74 Å². The van der Waals surface area contributed by atoms with Crippen LogP contribution in [0.2, 0.25) is 0 Å². The Bertz CT molecular complexity index is 3300. The van der Waals surface area contributed by atoms with Crippen LogP contribution in [-0.4, -0.2) is 18.8 Å². The van der Waals surface area contributed by atoms with Crippen molar-refractivity contribution in [2.75, 3.05) is 0 Å². The molecule has 0 N–H and O–H groups in total. The van der Waals surface area contributed by atoms with Crippen molar-refractivity contribution in [1.82, 2.24) is 18.8 Å². The summed E-state index contributed by atoms with van der Waals surface area (Å²) in [6.07, 6.45) is 0. The minimum Gasteiger partial charge on any atom is -0.497 e. The third-order valence-electron chi connectivity index (χ3n) is 10.6. The number of fused-ring (bicyclic) bond motifs is 16. The summed E-state index contributed by atoms with van der Waals surface area (Å²) in [7, 11) is 0. The van der Waals surface area contributed by atoms with Gasteiger partial charge in [0.05, 0.1) is 33.4 Å². The molecular formula is C47H30N4OPt. The summed E-state index contributed by atoms with van der Waals surface area (Å²) in [5.41, 5.74) is 14.2. The zero-order valence-electron chi connectivity index (χ0n) is 29.1. The number of aromatic nitrogens is 4. The van der Waals surface area contributed by atoms with E-state index in [2.05, 4.69) is 145 Å². The van der Waals surface area contributed by atoms with Gasteiger partial charge in [-0.05, 0) is 90.2 Å². The maximum absolute atomic E-state index is 6.62. The van der Waals surface area contributed by atoms with E-state index in [-0.39, 0.29) is 21.1 Å². The molecule has 4 aromatic heterocycles. The molecule has 0 atom stereocenters. The van der Waals surface area contributed by atoms with Crippen molar-refractivity contribution in [3.63, 3.8) is 0 Å². The van der Waals surface area contributed by atoms with Crippen molar-refractivity contribution < 1.29 is 25.8 Å². The molecule has 11 rings (SSSR count). The first kappa shape index (κ1) is 31.7. The van der Waals surface area contributed by atoms with Crippen molar-refractivity contribution >= 4 is 76.7 Å². The van der Waals surface area contributed by atoms with Crippen LogP contribution in [0.5, 0.6) is 11.5 Å². The van der Waals surface area contributed by atoms with Gasteiger partial charge in [0.25, 0.3) is 0 Å². The largest absolute Gasteiger partial charge is 2.00 e. The summed E-state index contributed by atoms with van der Waals surface area (Å²) in [5, 5.41) is 6.27. The summed E-state index contributed by atoms with van der Waals surface area (Å²) < 4.78 is 11.1. The second kappa shape index (κ2) is 11.7. The standard InChI is InChI=1S/C47H30N4O.Pt/c1-27-22-28(2)45(29(3)23-27)30-16-21-42-36(24-30)34-20-18-32(26-38(34)47-49-40-12-6-9-15-44(40)51(42)47)52-31-17-19-33-35-10-4-7-13-41(35)50-43-14-8-5-11-39(43)48-46(50)37(33)25-31;/h4-24H,1-3H3;/q-2;+2. The molecule has 0 unspecified atom stereocenters. The van der Waals surface area contributed by atoms with Crippen molar-refractivity contribution in [3.8, 4) is 22.6 Å². The maximum Gasteiger partial charge on any atom is 2.00 e. The van der Waals surface area contributed by atoms with Gasteiger partial charge < -0.3 is 13.5 Å². The zero-order valence-corrected chi connectivity index (χ0v) is 31.4. The Morgan fingerprint density at radius 1 is 0.491 bits per heavy atom. The average Bonchev–Trinajstić information content (AvgIpc) is 3.75. The van der Waals surface area contributed by atoms with Crippen molar-refractivity contribution in [2.24, 2.45) is 0 Å². The Kier molecular flexibility index (Phi) is 7.02. The molecular weight excluding hydrogens is 832 g/mol. The van der Waals surface area contributed by atoms with Crippen LogP contribution in [0.15, 0.2) is 127 Å². The fraction of sp³-hybridized carbons (Fsp3) is 0.0638. The predicted molar refractivity (Wildman–Crippen MR) is 213 cm³/mol. The molecule has 0 bridgehead atoms. The Labute approximate surface area is 319 Å². The number of hydrogen-bond acceptors (Lipinski definition) is 3. The molecule has 6 heteroatoms. The van der Waals surface area contributed by atoms with Crippen LogP contribution in [0, 0.1) is 32.9 Å². The molecule has 0 saturated heterocycles. The number of pyridine rings is 2. The Morgan fingerprint density at radius 3 is 1.60 bits per heavy atom. The number of ether oxygens (including phenoxy) is 1. The number of rotatable bonds is 3. The number of nitrogens with zero attached hydrogens (tertiary/aromatic N) is 4. The van der Waals surface area contributed by atoms with Crippen LogP contribution >= 0.6 is 0 Å². The van der Waals surface area contributed by atoms with Crippen molar-refractivity contribution in [2.45, 2.75) is 20.8 Å². The Hall–Kier alpha value is -6.03. The van der Waals surface area contributed by atoms with Crippen molar-refractivity contribution in [3.05, 3.63) is 156 Å². The quantitative estimate of drug-likeness (QED) is 0.131. The summed E-state index contributed by atoms with van der Waals surface area (Å²) in [6, 6.07) is 51.9. The second-order valence-electron chi connectivity index (χ2n) is 13.9. The topological polar surface area (TPSA) is 43.8 Å². The first-order valence-corrected chi connectivity index (χ1v) is 17.6. The van der Waals surface area contributed by atoms with Gasteiger partial charge in [-0.15, -0.1) is 12.1 Å². The fourth-order valence-electron chi connectivity index (χ4n) is 8.50. The molecule has 0 radical (unpaired) electrons. The molecule has 53 heavy (non-hydrogen) atoms. The third-order valence-corrected chi connectivity index (χ3v) is 10.6. The average molecular weight is 862 g/mol. The number of aryl methyl sites for hydroxylation is 3. The third kappa shape index (κ3) is 4.67. The number of benzene rings is 7. The summed E-state index contributed by atoms with van der Waals surface area (Å²) >= 11 is 0. The van der Waals surface area contributed by atoms with Gasteiger partial charge in [-0.2, -0.15) is 0 Å². The van der Waals surface area contributed by atoms with E-state index in [0.29, 0.717) is 11.5 Å². The zero-order chi connectivity index (χ0) is 34.7. The molecule has 0 spiro atoms. The number of imidazole rings is 2. The molecule has 0 saturated carbocycles. The van der Waals surface area contributed by atoms with Gasteiger partial charge >= 0.3 is 21.1 Å². The van der Waals surface area contributed by atoms with Gasteiger partial charge in [0.15, 0.2) is 0 Å². The fourth-order valence-corrected chi connectivity index (χ4v) is 8.50. The van der Waals surface area contributed by atoms with Crippen LogP contribution in [0.25, 0.3) is 87.8 Å². The number of para-hydroxylation sites is 5. The van der Waals surface area contributed by atoms with E-state index < -0.39 is 0 Å². The second-order valence-corrected chi connectivity index (χ2v) is 13.9. The van der Waals surface area contributed by atoms with Crippen LogP contribution in [0.3, 0.4) is 0 Å². The van der Waals surface area contributed by atoms with Gasteiger partial charge in [0, 0.05) is 22.5 Å². The smallest absolute Gasteiger partial charge is 0.497 e. The van der Waals surface area contributed by atoms with E-state index in [1.54, 1.807) is 0 Å². The normalized spacial score (nSPS) is 11.9. The van der Waals surface area contributed by atoms with Gasteiger partial charge in [0.1, 0.15) is 0 Å². The Balaban J connectivity index is 0.00000349. The molecule has 0 aliphatic rings. The minimum absolute atomic E-state index is 0. The maximum atomic E-state index is 6.62. The van der Waals surface area contributed by atoms with E-state index in [1.165, 1.54) is 27.8 Å². The molecule has 0 amide bonds. The van der Waals surface area contributed by atoms with Crippen molar-refractivity contribution in [1.29, 1.82) is 0 Å². The molecule has 5 nitrogen and oxygen atoms in total. The molecule has 0 fully saturated rings. The molecule has 4 heterocycles. The first-order chi connectivity index (χ1) is 25.5. The van der Waals surface area contributed by atoms with E-state index >= 15 is 0 Å². The van der Waals surface area contributed by atoms with Gasteiger partial charge in [0.2, 0.25) is 0 Å². The van der Waals surface area contributed by atoms with E-state index in [1.807, 2.05) is 24.3 Å². The molecule has 11 aromatic rings. The monoisotopic (exact) mass is 861 g/mol. The van der Waals surface area contributed by atoms with E-state index in [9.17, 15) is 0 Å². The summed E-state index contributed by atoms with van der Waals surface area (Å²) in [6.45, 7) is 6.56. The predicted octanol–water partition coefficient (Wildman–Crippen LogP) is 11.9. The molecule has 0 aliphatic heterocycles. The molecule has 254 valence electrons. The van der Waals surface area contributed by atoms with Gasteiger partial charge in [-0.3, -0.25) is 9.97 Å². The molecule has 7 aromatic carbocycles. The van der Waals surface area contributed by atoms with Crippen LogP contribution in [-0.2, 0) is 21.1 Å². The van der Waals surface area contributed by atoms with Gasteiger partial charge in [-0.1, -0.05) is 118 Å². The van der Waals surface area contributed by atoms with E-state index in [0.717, 1.165) is 76.7 Å². The van der Waals surface area contributed by atoms with Gasteiger partial charge in [-0.25, -0.2) is 0 Å². The SMILES string of the molecule is Cc1cc(C)c(-c2ccc3c(c2)c2ccc(Oc4[c-]c5c(cc4)c4ccccc4n4c6ccccc6nc54)[c-]c2c2nc4ccccc4n32)c(C)c1.[Pt+2]. The summed E-state index contributed by atoms with van der Waals surface area (Å²) in [4.78, 5) is 10.2. The Morgan fingerprint density at radius 2 is 1.00 bits per heavy atom. The van der Waals surface area contributed by atoms with Crippen LogP contribution in [0.1, 0.15) is 16.7 Å². The molecule has 0 aliphatic carbocycles. The summed E-state index contributed by atoms with van der Waals surface area (Å²) in [5.74, 6) is 1.20. The number of hydrogen-bond donors (Lipinski definition) is 0. The van der Waals surface area contributed by atoms with E-state index in [4.69, 9.17) is 14.7 Å². The first-order valence-electron chi connectivity index (χ1n) is 17.6. The minimum atomic E-state index is 0. The van der Waals surface area contributed by atoms with Crippen LogP contribution in [0.4, 0.5) is 0 Å².